The van der Waals surface area contributed by atoms with Crippen LogP contribution in [0.1, 0.15) is 0 Å². The molecule has 8 heteroatoms. The van der Waals surface area contributed by atoms with Gasteiger partial charge in [-0.05, 0) is 24.3 Å². The number of nitrogens with zero attached hydrogens (tertiary/aromatic N) is 3. The van der Waals surface area contributed by atoms with Gasteiger partial charge in [-0.1, -0.05) is 41.7 Å². The second-order valence-electron chi connectivity index (χ2n) is 6.44. The number of nitrogens with one attached hydrogen (secondary N) is 1. The number of methoxy groups -OCH3 is 1. The molecule has 2 aromatic carbocycles. The third-order valence-corrected chi connectivity index (χ3v) is 6.35. The molecule has 0 bridgehead atoms. The van der Waals surface area contributed by atoms with Crippen LogP contribution in [0.2, 0.25) is 0 Å². The number of hydrogen-bond acceptors (Lipinski definition) is 6. The molecule has 2 aromatic heterocycles. The first-order valence-corrected chi connectivity index (χ1v) is 11.0. The van der Waals surface area contributed by atoms with Crippen molar-refractivity contribution in [2.45, 2.75) is 4.90 Å². The molecule has 1 amide bonds. The molecular weight excluding hydrogens is 416 g/mol. The summed E-state index contributed by atoms with van der Waals surface area (Å²) in [6.45, 7) is 0. The van der Waals surface area contributed by atoms with Gasteiger partial charge in [-0.3, -0.25) is 4.79 Å². The molecule has 30 heavy (non-hydrogen) atoms. The number of rotatable bonds is 7. The van der Waals surface area contributed by atoms with Gasteiger partial charge in [0.1, 0.15) is 5.75 Å². The third kappa shape index (κ3) is 4.55. The van der Waals surface area contributed by atoms with Crippen molar-refractivity contribution in [1.29, 1.82) is 0 Å². The second-order valence-corrected chi connectivity index (χ2v) is 8.48. The average molecular weight is 437 g/mol. The summed E-state index contributed by atoms with van der Waals surface area (Å²) < 4.78 is 7.11. The maximum absolute atomic E-state index is 12.5. The Morgan fingerprint density at radius 1 is 1.17 bits per heavy atom. The summed E-state index contributed by atoms with van der Waals surface area (Å²) in [7, 11) is 3.58. The van der Waals surface area contributed by atoms with E-state index >= 15 is 0 Å². The standard InChI is InChI=1S/C22H20N4O2S2/c1-26-13-12-23-21(26)20-19(15-6-4-3-5-7-15)25-22(30-20)24-18(27)14-29-17-10-8-16(28-2)9-11-17/h3-13H,14H2,1-2H3,(H,24,25,27). The Morgan fingerprint density at radius 3 is 2.60 bits per heavy atom. The summed E-state index contributed by atoms with van der Waals surface area (Å²) in [5.74, 6) is 1.81. The van der Waals surface area contributed by atoms with Crippen LogP contribution < -0.4 is 10.1 Å². The molecule has 6 nitrogen and oxygen atoms in total. The zero-order valence-corrected chi connectivity index (χ0v) is 18.2. The predicted octanol–water partition coefficient (Wildman–Crippen LogP) is 4.95. The summed E-state index contributed by atoms with van der Waals surface area (Å²) in [6.07, 6.45) is 3.65. The molecule has 2 heterocycles. The molecule has 0 aliphatic heterocycles. The van der Waals surface area contributed by atoms with E-state index in [0.717, 1.165) is 32.6 Å². The number of carbonyl (C=O) groups excluding carboxylic acids is 1. The number of thiazole rings is 1. The predicted molar refractivity (Wildman–Crippen MR) is 122 cm³/mol. The summed E-state index contributed by atoms with van der Waals surface area (Å²) >= 11 is 2.90. The average Bonchev–Trinajstić information content (AvgIpc) is 3.39. The minimum absolute atomic E-state index is 0.101. The van der Waals surface area contributed by atoms with Gasteiger partial charge in [0.25, 0.3) is 0 Å². The van der Waals surface area contributed by atoms with Gasteiger partial charge in [-0.2, -0.15) is 0 Å². The Kier molecular flexibility index (Phi) is 6.15. The third-order valence-electron chi connectivity index (χ3n) is 4.37. The zero-order valence-electron chi connectivity index (χ0n) is 16.5. The molecule has 0 spiro atoms. The number of benzene rings is 2. The monoisotopic (exact) mass is 436 g/mol. The van der Waals surface area contributed by atoms with Crippen molar-refractivity contribution < 1.29 is 9.53 Å². The molecule has 1 N–H and O–H groups in total. The smallest absolute Gasteiger partial charge is 0.236 e. The molecule has 0 unspecified atom stereocenters. The fourth-order valence-corrected chi connectivity index (χ4v) is 4.62. The van der Waals surface area contributed by atoms with Crippen molar-refractivity contribution in [1.82, 2.24) is 14.5 Å². The lowest BCUT2D eigenvalue weighted by atomic mass is 10.1. The van der Waals surface area contributed by atoms with E-state index in [0.29, 0.717) is 10.9 Å². The van der Waals surface area contributed by atoms with Gasteiger partial charge in [0.15, 0.2) is 11.0 Å². The minimum Gasteiger partial charge on any atom is -0.497 e. The molecule has 0 aliphatic rings. The van der Waals surface area contributed by atoms with Crippen molar-refractivity contribution >= 4 is 34.1 Å². The number of aromatic nitrogens is 3. The van der Waals surface area contributed by atoms with Crippen molar-refractivity contribution in [3.05, 3.63) is 67.0 Å². The minimum atomic E-state index is -0.101. The van der Waals surface area contributed by atoms with Crippen LogP contribution in [0.3, 0.4) is 0 Å². The van der Waals surface area contributed by atoms with E-state index in [4.69, 9.17) is 9.72 Å². The van der Waals surface area contributed by atoms with Crippen LogP contribution in [0.5, 0.6) is 5.75 Å². The van der Waals surface area contributed by atoms with E-state index < -0.39 is 0 Å². The summed E-state index contributed by atoms with van der Waals surface area (Å²) in [5, 5.41) is 3.49. The lowest BCUT2D eigenvalue weighted by Gasteiger charge is -2.03. The van der Waals surface area contributed by atoms with Gasteiger partial charge in [-0.25, -0.2) is 9.97 Å². The number of hydrogen-bond donors (Lipinski definition) is 1. The Bertz CT molecular complexity index is 1140. The molecule has 0 saturated heterocycles. The highest BCUT2D eigenvalue weighted by Gasteiger charge is 2.19. The molecular formula is C22H20N4O2S2. The van der Waals surface area contributed by atoms with Crippen molar-refractivity contribution in [3.8, 4) is 27.7 Å². The first-order valence-electron chi connectivity index (χ1n) is 9.24. The molecule has 0 fully saturated rings. The SMILES string of the molecule is COc1ccc(SCC(=O)Nc2nc(-c3ccccc3)c(-c3nccn3C)s2)cc1. The van der Waals surface area contributed by atoms with Crippen LogP contribution in [0.25, 0.3) is 22.0 Å². The maximum atomic E-state index is 12.5. The van der Waals surface area contributed by atoms with Crippen LogP contribution in [0.4, 0.5) is 5.13 Å². The van der Waals surface area contributed by atoms with E-state index in [1.54, 1.807) is 13.3 Å². The zero-order chi connectivity index (χ0) is 20.9. The largest absolute Gasteiger partial charge is 0.497 e. The summed E-state index contributed by atoms with van der Waals surface area (Å²) in [5.41, 5.74) is 1.80. The van der Waals surface area contributed by atoms with E-state index in [-0.39, 0.29) is 5.91 Å². The van der Waals surface area contributed by atoms with E-state index in [9.17, 15) is 4.79 Å². The van der Waals surface area contributed by atoms with Crippen LogP contribution >= 0.6 is 23.1 Å². The fraction of sp³-hybridized carbons (Fsp3) is 0.136. The van der Waals surface area contributed by atoms with Crippen LogP contribution in [-0.2, 0) is 11.8 Å². The van der Waals surface area contributed by atoms with Crippen LogP contribution in [0.15, 0.2) is 71.9 Å². The second kappa shape index (κ2) is 9.15. The summed E-state index contributed by atoms with van der Waals surface area (Å²) in [4.78, 5) is 23.6. The normalized spacial score (nSPS) is 10.7. The quantitative estimate of drug-likeness (QED) is 0.415. The topological polar surface area (TPSA) is 69.0 Å². The number of imidazole rings is 1. The van der Waals surface area contributed by atoms with Gasteiger partial charge in [-0.15, -0.1) is 11.8 Å². The first kappa shape index (κ1) is 20.2. The number of anilines is 1. The van der Waals surface area contributed by atoms with Gasteiger partial charge in [0.2, 0.25) is 5.91 Å². The highest BCUT2D eigenvalue weighted by atomic mass is 32.2. The van der Waals surface area contributed by atoms with Crippen molar-refractivity contribution in [2.24, 2.45) is 7.05 Å². The molecule has 152 valence electrons. The Labute approximate surface area is 183 Å². The number of aryl methyl sites for hydroxylation is 1. The highest BCUT2D eigenvalue weighted by molar-refractivity contribution is 8.00. The molecule has 4 rings (SSSR count). The van der Waals surface area contributed by atoms with E-state index in [1.807, 2.05) is 72.4 Å². The number of ether oxygens (including phenoxy) is 1. The van der Waals surface area contributed by atoms with Crippen molar-refractivity contribution in [3.63, 3.8) is 0 Å². The Hall–Kier alpha value is -3.10. The van der Waals surface area contributed by atoms with E-state index in [2.05, 4.69) is 10.3 Å². The molecule has 4 aromatic rings. The lowest BCUT2D eigenvalue weighted by molar-refractivity contribution is -0.113. The van der Waals surface area contributed by atoms with Crippen molar-refractivity contribution in [2.75, 3.05) is 18.2 Å². The van der Waals surface area contributed by atoms with Gasteiger partial charge in [0, 0.05) is 29.9 Å². The highest BCUT2D eigenvalue weighted by Crippen LogP contribution is 2.38. The molecule has 0 saturated carbocycles. The van der Waals surface area contributed by atoms with E-state index in [1.165, 1.54) is 23.1 Å². The number of thioether (sulfide) groups is 1. The lowest BCUT2D eigenvalue weighted by Crippen LogP contribution is -2.13. The summed E-state index contributed by atoms with van der Waals surface area (Å²) in [6, 6.07) is 17.6. The number of carbonyl (C=O) groups is 1. The van der Waals surface area contributed by atoms with Crippen LogP contribution in [-0.4, -0.2) is 33.3 Å². The van der Waals surface area contributed by atoms with Crippen LogP contribution in [0, 0.1) is 0 Å². The number of amides is 1. The fourth-order valence-electron chi connectivity index (χ4n) is 2.88. The molecule has 0 atom stereocenters. The maximum Gasteiger partial charge on any atom is 0.236 e. The Balaban J connectivity index is 1.52. The molecule has 0 radical (unpaired) electrons. The van der Waals surface area contributed by atoms with Gasteiger partial charge < -0.3 is 14.6 Å². The molecule has 0 aliphatic carbocycles. The first-order chi connectivity index (χ1) is 14.6. The Morgan fingerprint density at radius 2 is 1.93 bits per heavy atom. The van der Waals surface area contributed by atoms with Gasteiger partial charge >= 0.3 is 0 Å². The van der Waals surface area contributed by atoms with Gasteiger partial charge in [0.05, 0.1) is 23.4 Å².